The second kappa shape index (κ2) is 4.01. The topological polar surface area (TPSA) is 9.23 Å². The van der Waals surface area contributed by atoms with Gasteiger partial charge in [0.25, 0.3) is 0 Å². The Hall–Kier alpha value is -1.38. The van der Waals surface area contributed by atoms with E-state index in [1.54, 1.807) is 6.07 Å². The van der Waals surface area contributed by atoms with E-state index in [1.807, 2.05) is 12.1 Å². The molecule has 15 heavy (non-hydrogen) atoms. The maximum absolute atomic E-state index is 12.0. The van der Waals surface area contributed by atoms with Crippen LogP contribution in [0.1, 0.15) is 29.9 Å². The molecule has 1 aromatic rings. The summed E-state index contributed by atoms with van der Waals surface area (Å²) in [6, 6.07) is 5.21. The van der Waals surface area contributed by atoms with Crippen molar-refractivity contribution in [2.45, 2.75) is 25.4 Å². The summed E-state index contributed by atoms with van der Waals surface area (Å²) >= 11 is 0. The molecule has 0 amide bonds. The SMILES string of the molecule is C=[C]c1cc(C2CC2)ccc1OC(F)F. The Morgan fingerprint density at radius 2 is 2.13 bits per heavy atom. The van der Waals surface area contributed by atoms with Crippen molar-refractivity contribution in [3.05, 3.63) is 42.0 Å². The van der Waals surface area contributed by atoms with Gasteiger partial charge in [-0.1, -0.05) is 12.6 Å². The maximum atomic E-state index is 12.0. The number of alkyl halides is 2. The monoisotopic (exact) mass is 209 g/mol. The van der Waals surface area contributed by atoms with Crippen molar-refractivity contribution in [3.8, 4) is 5.75 Å². The van der Waals surface area contributed by atoms with E-state index in [2.05, 4.69) is 17.4 Å². The number of halogens is 2. The molecular formula is C12H11F2O. The highest BCUT2D eigenvalue weighted by molar-refractivity contribution is 5.42. The predicted octanol–water partition coefficient (Wildman–Crippen LogP) is 3.50. The smallest absolute Gasteiger partial charge is 0.387 e. The van der Waals surface area contributed by atoms with Gasteiger partial charge in [0.1, 0.15) is 5.75 Å². The quantitative estimate of drug-likeness (QED) is 0.737. The fourth-order valence-electron chi connectivity index (χ4n) is 1.56. The zero-order valence-electron chi connectivity index (χ0n) is 8.17. The van der Waals surface area contributed by atoms with E-state index in [0.717, 1.165) is 5.56 Å². The molecule has 0 spiro atoms. The van der Waals surface area contributed by atoms with E-state index in [4.69, 9.17) is 0 Å². The van der Waals surface area contributed by atoms with Crippen LogP contribution in [0.4, 0.5) is 8.78 Å². The first kappa shape index (κ1) is 10.1. The van der Waals surface area contributed by atoms with Gasteiger partial charge in [-0.25, -0.2) is 0 Å². The van der Waals surface area contributed by atoms with E-state index in [9.17, 15) is 8.78 Å². The predicted molar refractivity (Wildman–Crippen MR) is 53.0 cm³/mol. The van der Waals surface area contributed by atoms with E-state index < -0.39 is 6.61 Å². The summed E-state index contributed by atoms with van der Waals surface area (Å²) in [4.78, 5) is 0. The molecule has 1 fully saturated rings. The Kier molecular flexibility index (Phi) is 2.71. The molecule has 0 heterocycles. The van der Waals surface area contributed by atoms with Gasteiger partial charge in [-0.15, -0.1) is 0 Å². The highest BCUT2D eigenvalue weighted by atomic mass is 19.3. The number of benzene rings is 1. The minimum Gasteiger partial charge on any atom is -0.434 e. The lowest BCUT2D eigenvalue weighted by Crippen LogP contribution is -2.03. The largest absolute Gasteiger partial charge is 0.434 e. The van der Waals surface area contributed by atoms with E-state index >= 15 is 0 Å². The minimum atomic E-state index is -2.80. The molecule has 1 aliphatic rings. The van der Waals surface area contributed by atoms with Gasteiger partial charge in [-0.3, -0.25) is 0 Å². The molecule has 79 valence electrons. The van der Waals surface area contributed by atoms with Crippen molar-refractivity contribution >= 4 is 0 Å². The molecule has 1 aromatic carbocycles. The fraction of sp³-hybridized carbons (Fsp3) is 0.333. The number of hydrogen-bond acceptors (Lipinski definition) is 1. The van der Waals surface area contributed by atoms with E-state index in [1.165, 1.54) is 12.8 Å². The van der Waals surface area contributed by atoms with Crippen LogP contribution in [-0.4, -0.2) is 6.61 Å². The highest BCUT2D eigenvalue weighted by Crippen LogP contribution is 2.41. The van der Waals surface area contributed by atoms with Gasteiger partial charge in [0, 0.05) is 5.56 Å². The summed E-state index contributed by atoms with van der Waals surface area (Å²) < 4.78 is 28.4. The summed E-state index contributed by atoms with van der Waals surface area (Å²) in [5.74, 6) is 0.724. The van der Waals surface area contributed by atoms with Crippen LogP contribution in [-0.2, 0) is 0 Å². The van der Waals surface area contributed by atoms with Crippen LogP contribution in [0.25, 0.3) is 0 Å². The van der Waals surface area contributed by atoms with Crippen molar-refractivity contribution in [1.82, 2.24) is 0 Å². The molecule has 1 nitrogen and oxygen atoms in total. The van der Waals surface area contributed by atoms with Gasteiger partial charge in [0.05, 0.1) is 0 Å². The number of rotatable bonds is 4. The van der Waals surface area contributed by atoms with Gasteiger partial charge < -0.3 is 4.74 Å². The molecule has 0 aromatic heterocycles. The summed E-state index contributed by atoms with van der Waals surface area (Å²) in [7, 11) is 0. The minimum absolute atomic E-state index is 0.143. The first-order chi connectivity index (χ1) is 7.20. The molecule has 1 radical (unpaired) electrons. The molecule has 1 saturated carbocycles. The third-order valence-electron chi connectivity index (χ3n) is 2.46. The molecular weight excluding hydrogens is 198 g/mol. The third-order valence-corrected chi connectivity index (χ3v) is 2.46. The van der Waals surface area contributed by atoms with Crippen molar-refractivity contribution in [2.75, 3.05) is 0 Å². The molecule has 0 aliphatic heterocycles. The summed E-state index contributed by atoms with van der Waals surface area (Å²) in [6.07, 6.45) is 4.96. The maximum Gasteiger partial charge on any atom is 0.387 e. The van der Waals surface area contributed by atoms with Crippen LogP contribution in [0.2, 0.25) is 0 Å². The van der Waals surface area contributed by atoms with Gasteiger partial charge >= 0.3 is 6.61 Å². The van der Waals surface area contributed by atoms with Gasteiger partial charge in [-0.05, 0) is 42.5 Å². The van der Waals surface area contributed by atoms with E-state index in [0.29, 0.717) is 11.5 Å². The first-order valence-corrected chi connectivity index (χ1v) is 4.82. The van der Waals surface area contributed by atoms with Crippen LogP contribution < -0.4 is 4.74 Å². The fourth-order valence-corrected chi connectivity index (χ4v) is 1.56. The second-order valence-electron chi connectivity index (χ2n) is 3.59. The van der Waals surface area contributed by atoms with Crippen molar-refractivity contribution < 1.29 is 13.5 Å². The first-order valence-electron chi connectivity index (χ1n) is 4.82. The summed E-state index contributed by atoms with van der Waals surface area (Å²) in [6.45, 7) is 0.668. The average molecular weight is 209 g/mol. The van der Waals surface area contributed by atoms with Gasteiger partial charge in [0.15, 0.2) is 0 Å². The summed E-state index contributed by atoms with van der Waals surface area (Å²) in [5.41, 5.74) is 1.67. The molecule has 2 rings (SSSR count). The zero-order chi connectivity index (χ0) is 10.8. The Labute approximate surface area is 87.4 Å². The lowest BCUT2D eigenvalue weighted by molar-refractivity contribution is -0.0501. The Bertz CT molecular complexity index is 370. The van der Waals surface area contributed by atoms with Crippen molar-refractivity contribution in [1.29, 1.82) is 0 Å². The van der Waals surface area contributed by atoms with Gasteiger partial charge in [-0.2, -0.15) is 8.78 Å². The van der Waals surface area contributed by atoms with Crippen molar-refractivity contribution in [2.24, 2.45) is 0 Å². The number of hydrogen-bond donors (Lipinski definition) is 0. The van der Waals surface area contributed by atoms with Crippen LogP contribution in [0.5, 0.6) is 5.75 Å². The standard InChI is InChI=1S/C12H11F2O/c1-2-8-7-10(9-3-4-9)5-6-11(8)15-12(13)14/h5-7,9,12H,1,3-4H2. The van der Waals surface area contributed by atoms with Crippen LogP contribution in [0.3, 0.4) is 0 Å². The molecule has 0 bridgehead atoms. The summed E-state index contributed by atoms with van der Waals surface area (Å²) in [5, 5.41) is 0. The molecule has 0 atom stereocenters. The second-order valence-corrected chi connectivity index (χ2v) is 3.59. The van der Waals surface area contributed by atoms with E-state index in [-0.39, 0.29) is 5.75 Å². The lowest BCUT2D eigenvalue weighted by Gasteiger charge is -2.09. The highest BCUT2D eigenvalue weighted by Gasteiger charge is 2.24. The van der Waals surface area contributed by atoms with Crippen LogP contribution in [0.15, 0.2) is 24.8 Å². The van der Waals surface area contributed by atoms with Crippen LogP contribution >= 0.6 is 0 Å². The van der Waals surface area contributed by atoms with Crippen molar-refractivity contribution in [3.63, 3.8) is 0 Å². The number of ether oxygens (including phenoxy) is 1. The third kappa shape index (κ3) is 2.35. The molecule has 3 heteroatoms. The normalized spacial score (nSPS) is 15.4. The molecule has 0 N–H and O–H groups in total. The lowest BCUT2D eigenvalue weighted by atomic mass is 10.1. The molecule has 1 aliphatic carbocycles. The average Bonchev–Trinajstić information content (AvgIpc) is 3.01. The Morgan fingerprint density at radius 3 is 2.67 bits per heavy atom. The Balaban J connectivity index is 2.26. The molecule has 0 saturated heterocycles. The van der Waals surface area contributed by atoms with Crippen LogP contribution in [0, 0.1) is 6.08 Å². The molecule has 0 unspecified atom stereocenters. The Morgan fingerprint density at radius 1 is 1.40 bits per heavy atom. The zero-order valence-corrected chi connectivity index (χ0v) is 8.17. The van der Waals surface area contributed by atoms with Gasteiger partial charge in [0.2, 0.25) is 0 Å².